The quantitative estimate of drug-likeness (QED) is 0.514. The van der Waals surface area contributed by atoms with Crippen molar-refractivity contribution in [3.8, 4) is 0 Å². The van der Waals surface area contributed by atoms with E-state index < -0.39 is 11.9 Å². The molecule has 0 saturated carbocycles. The summed E-state index contributed by atoms with van der Waals surface area (Å²) in [6, 6.07) is 7.88. The second-order valence-corrected chi connectivity index (χ2v) is 7.64. The summed E-state index contributed by atoms with van der Waals surface area (Å²) in [5.41, 5.74) is 8.60. The predicted octanol–water partition coefficient (Wildman–Crippen LogP) is 3.50. The summed E-state index contributed by atoms with van der Waals surface area (Å²) in [6.07, 6.45) is 1.30. The minimum atomic E-state index is -0.695. The second kappa shape index (κ2) is 9.09. The van der Waals surface area contributed by atoms with E-state index in [4.69, 9.17) is 22.1 Å². The van der Waals surface area contributed by atoms with Gasteiger partial charge in [0, 0.05) is 42.0 Å². The van der Waals surface area contributed by atoms with Crippen molar-refractivity contribution in [3.05, 3.63) is 53.1 Å². The minimum Gasteiger partial charge on any atom is -0.398 e. The lowest BCUT2D eigenvalue weighted by Crippen LogP contribution is -2.37. The van der Waals surface area contributed by atoms with E-state index in [1.165, 1.54) is 18.5 Å². The van der Waals surface area contributed by atoms with Crippen molar-refractivity contribution in [3.63, 3.8) is 0 Å². The van der Waals surface area contributed by atoms with Gasteiger partial charge in [-0.25, -0.2) is 14.4 Å². The summed E-state index contributed by atoms with van der Waals surface area (Å²) in [6.45, 7) is 3.95. The number of benzene rings is 2. The third-order valence-corrected chi connectivity index (χ3v) is 5.49. The van der Waals surface area contributed by atoms with Gasteiger partial charge in [-0.05, 0) is 36.8 Å². The molecule has 4 rings (SSSR count). The van der Waals surface area contributed by atoms with Gasteiger partial charge in [0.25, 0.3) is 0 Å². The number of morpholine rings is 1. The lowest BCUT2D eigenvalue weighted by molar-refractivity contribution is 0.0301. The van der Waals surface area contributed by atoms with E-state index >= 15 is 0 Å². The number of anilines is 3. The molecule has 0 spiro atoms. The van der Waals surface area contributed by atoms with Gasteiger partial charge in [0.15, 0.2) is 0 Å². The molecule has 1 fully saturated rings. The van der Waals surface area contributed by atoms with E-state index in [1.807, 2.05) is 0 Å². The van der Waals surface area contributed by atoms with Crippen molar-refractivity contribution >= 4 is 39.7 Å². The van der Waals surface area contributed by atoms with E-state index in [0.29, 0.717) is 40.1 Å². The van der Waals surface area contributed by atoms with E-state index in [1.54, 1.807) is 18.2 Å². The molecule has 1 aromatic heterocycles. The van der Waals surface area contributed by atoms with Gasteiger partial charge in [0.05, 0.1) is 29.9 Å². The third-order valence-electron chi connectivity index (χ3n) is 5.20. The van der Waals surface area contributed by atoms with Crippen molar-refractivity contribution in [2.24, 2.45) is 0 Å². The average Bonchev–Trinajstić information content (AvgIpc) is 2.75. The van der Waals surface area contributed by atoms with Gasteiger partial charge in [-0.2, -0.15) is 0 Å². The maximum Gasteiger partial charge on any atom is 0.141 e. The minimum absolute atomic E-state index is 0.0172. The van der Waals surface area contributed by atoms with Crippen LogP contribution in [0.4, 0.5) is 21.6 Å². The van der Waals surface area contributed by atoms with Crippen LogP contribution in [-0.2, 0) is 4.74 Å². The molecule has 7 nitrogen and oxygen atoms in total. The molecule has 1 atom stereocenters. The lowest BCUT2D eigenvalue weighted by atomic mass is 10.0. The molecule has 0 amide bonds. The Bertz CT molecular complexity index is 1050. The number of halogens is 2. The summed E-state index contributed by atoms with van der Waals surface area (Å²) in [5.74, 6) is 0.0263. The highest BCUT2D eigenvalue weighted by atomic mass is 35.5. The fraction of sp³-hybridized carbons (Fsp3) is 0.333. The van der Waals surface area contributed by atoms with Crippen molar-refractivity contribution in [1.82, 2.24) is 14.9 Å². The fourth-order valence-corrected chi connectivity index (χ4v) is 3.70. The number of hydrogen-bond donors (Lipinski definition) is 3. The number of nitrogens with two attached hydrogens (primary N) is 1. The molecule has 1 aliphatic heterocycles. The van der Waals surface area contributed by atoms with Crippen LogP contribution in [0.2, 0.25) is 5.02 Å². The van der Waals surface area contributed by atoms with Gasteiger partial charge in [-0.15, -0.1) is 0 Å². The molecular weight excluding hydrogens is 409 g/mol. The molecule has 0 radical (unpaired) electrons. The Hall–Kier alpha value is -2.52. The third kappa shape index (κ3) is 4.62. The maximum absolute atomic E-state index is 13.4. The van der Waals surface area contributed by atoms with Crippen molar-refractivity contribution < 1.29 is 14.2 Å². The monoisotopic (exact) mass is 431 g/mol. The number of aliphatic hydroxyl groups excluding tert-OH is 1. The number of nitrogens with zero attached hydrogens (tertiary/aromatic N) is 3. The van der Waals surface area contributed by atoms with Gasteiger partial charge in [0.1, 0.15) is 18.0 Å². The summed E-state index contributed by atoms with van der Waals surface area (Å²) in [5, 5.41) is 14.5. The van der Waals surface area contributed by atoms with Gasteiger partial charge >= 0.3 is 0 Å². The van der Waals surface area contributed by atoms with Crippen LogP contribution < -0.4 is 11.1 Å². The summed E-state index contributed by atoms with van der Waals surface area (Å²) in [4.78, 5) is 10.9. The first-order chi connectivity index (χ1) is 14.5. The Morgan fingerprint density at radius 3 is 2.80 bits per heavy atom. The van der Waals surface area contributed by atoms with Crippen LogP contribution >= 0.6 is 11.6 Å². The van der Waals surface area contributed by atoms with Gasteiger partial charge in [-0.1, -0.05) is 11.6 Å². The predicted molar refractivity (Wildman–Crippen MR) is 115 cm³/mol. The van der Waals surface area contributed by atoms with Crippen LogP contribution in [0.3, 0.4) is 0 Å². The largest absolute Gasteiger partial charge is 0.398 e. The number of ether oxygens (including phenoxy) is 1. The van der Waals surface area contributed by atoms with Crippen molar-refractivity contribution in [2.75, 3.05) is 43.9 Å². The number of aliphatic hydroxyl groups is 1. The molecule has 3 aromatic rings. The van der Waals surface area contributed by atoms with Crippen LogP contribution in [0.15, 0.2) is 36.7 Å². The topological polar surface area (TPSA) is 96.5 Å². The highest BCUT2D eigenvalue weighted by molar-refractivity contribution is 6.31. The number of hydrogen-bond acceptors (Lipinski definition) is 7. The molecule has 1 aliphatic rings. The normalized spacial score (nSPS) is 16.0. The first kappa shape index (κ1) is 20.7. The fourth-order valence-electron chi connectivity index (χ4n) is 3.52. The van der Waals surface area contributed by atoms with Gasteiger partial charge in [0.2, 0.25) is 0 Å². The van der Waals surface area contributed by atoms with Crippen LogP contribution in [0, 0.1) is 5.82 Å². The summed E-state index contributed by atoms with van der Waals surface area (Å²) in [7, 11) is 0. The zero-order valence-electron chi connectivity index (χ0n) is 16.3. The number of aromatic nitrogens is 2. The average molecular weight is 432 g/mol. The molecule has 158 valence electrons. The second-order valence-electron chi connectivity index (χ2n) is 7.23. The van der Waals surface area contributed by atoms with Crippen LogP contribution in [0.1, 0.15) is 18.1 Å². The number of nitrogens with one attached hydrogen (secondary N) is 1. The number of nitrogen functional groups attached to an aromatic ring is 1. The first-order valence-electron chi connectivity index (χ1n) is 9.75. The van der Waals surface area contributed by atoms with Crippen molar-refractivity contribution in [1.29, 1.82) is 0 Å². The molecule has 2 aromatic carbocycles. The standard InChI is InChI=1S/C21H23ClFN5O2/c22-16-9-13(1-2-17(16)23)27-21-15-10-18(24)14(11-19(15)25-12-26-21)20(29)3-4-28-5-7-30-8-6-28/h1-2,9-12,20,29H,3-8,24H2,(H,25,26,27). The zero-order valence-corrected chi connectivity index (χ0v) is 17.1. The first-order valence-corrected chi connectivity index (χ1v) is 10.1. The van der Waals surface area contributed by atoms with Gasteiger partial charge in [-0.3, -0.25) is 4.90 Å². The number of fused-ring (bicyclic) bond motifs is 1. The smallest absolute Gasteiger partial charge is 0.141 e. The Balaban J connectivity index is 1.55. The van der Waals surface area contributed by atoms with E-state index in [2.05, 4.69) is 20.2 Å². The van der Waals surface area contributed by atoms with Crippen LogP contribution in [0.5, 0.6) is 0 Å². The molecule has 0 bridgehead atoms. The van der Waals surface area contributed by atoms with Gasteiger partial charge < -0.3 is 20.9 Å². The Kier molecular flexibility index (Phi) is 6.29. The molecule has 4 N–H and O–H groups in total. The van der Waals surface area contributed by atoms with E-state index in [9.17, 15) is 9.50 Å². The maximum atomic E-state index is 13.4. The van der Waals surface area contributed by atoms with E-state index in [-0.39, 0.29) is 5.02 Å². The Morgan fingerprint density at radius 2 is 2.03 bits per heavy atom. The molecule has 1 saturated heterocycles. The Morgan fingerprint density at radius 1 is 1.23 bits per heavy atom. The molecule has 0 aliphatic carbocycles. The molecule has 9 heteroatoms. The molecule has 30 heavy (non-hydrogen) atoms. The van der Waals surface area contributed by atoms with E-state index in [0.717, 1.165) is 32.8 Å². The molecule has 2 heterocycles. The highest BCUT2D eigenvalue weighted by Gasteiger charge is 2.17. The highest BCUT2D eigenvalue weighted by Crippen LogP contribution is 2.32. The lowest BCUT2D eigenvalue weighted by Gasteiger charge is -2.27. The molecule has 1 unspecified atom stereocenters. The Labute approximate surface area is 178 Å². The van der Waals surface area contributed by atoms with Crippen LogP contribution in [-0.4, -0.2) is 52.8 Å². The number of rotatable bonds is 6. The van der Waals surface area contributed by atoms with Crippen molar-refractivity contribution in [2.45, 2.75) is 12.5 Å². The van der Waals surface area contributed by atoms with Crippen LogP contribution in [0.25, 0.3) is 10.9 Å². The summed E-state index contributed by atoms with van der Waals surface area (Å²) < 4.78 is 18.8. The summed E-state index contributed by atoms with van der Waals surface area (Å²) >= 11 is 5.86. The SMILES string of the molecule is Nc1cc2c(Nc3ccc(F)c(Cl)c3)ncnc2cc1C(O)CCN1CCOCC1. The molecular formula is C21H23ClFN5O2. The zero-order chi connectivity index (χ0) is 21.1.